The first-order valence-corrected chi connectivity index (χ1v) is 8.06. The minimum absolute atomic E-state index is 0.277. The van der Waals surface area contributed by atoms with Crippen LogP contribution in [-0.2, 0) is 0 Å². The largest absolute Gasteiger partial charge is 0.389 e. The second-order valence-electron chi connectivity index (χ2n) is 5.52. The summed E-state index contributed by atoms with van der Waals surface area (Å²) in [5.74, 6) is 0. The molecule has 0 unspecified atom stereocenters. The Hall–Kier alpha value is -2.06. The highest BCUT2D eigenvalue weighted by Gasteiger charge is 2.25. The quantitative estimate of drug-likeness (QED) is 0.667. The first-order valence-electron chi connectivity index (χ1n) is 8.06. The molecular formula is C15H23F3N4O2. The van der Waals surface area contributed by atoms with Crippen LogP contribution in [-0.4, -0.2) is 26.1 Å². The minimum Gasteiger partial charge on any atom is -0.339 e. The number of unbranched alkanes of at least 4 members (excludes halogenated alkanes) is 6. The summed E-state index contributed by atoms with van der Waals surface area (Å²) in [5, 5.41) is 0. The van der Waals surface area contributed by atoms with Crippen LogP contribution in [0.3, 0.4) is 0 Å². The Labute approximate surface area is 136 Å². The summed E-state index contributed by atoms with van der Waals surface area (Å²) in [6.07, 6.45) is 3.41. The number of imidazole rings is 1. The SMILES string of the molecule is CCCCCCCCCC(F)(F)F.O=c1[nH]c(=O)c2[nH]cnc2[nH]1. The number of aromatic nitrogens is 4. The van der Waals surface area contributed by atoms with Gasteiger partial charge in [0.2, 0.25) is 0 Å². The van der Waals surface area contributed by atoms with Crippen LogP contribution in [0.15, 0.2) is 15.9 Å². The van der Waals surface area contributed by atoms with Gasteiger partial charge in [-0.05, 0) is 6.42 Å². The lowest BCUT2D eigenvalue weighted by atomic mass is 10.1. The van der Waals surface area contributed by atoms with E-state index in [9.17, 15) is 22.8 Å². The number of alkyl halides is 3. The molecule has 136 valence electrons. The molecular weight excluding hydrogens is 325 g/mol. The van der Waals surface area contributed by atoms with Crippen molar-refractivity contribution in [2.45, 2.75) is 64.5 Å². The third-order valence-corrected chi connectivity index (χ3v) is 3.39. The fourth-order valence-corrected chi connectivity index (χ4v) is 2.15. The Bertz CT molecular complexity index is 703. The van der Waals surface area contributed by atoms with Crippen LogP contribution in [0.5, 0.6) is 0 Å². The van der Waals surface area contributed by atoms with Gasteiger partial charge in [-0.15, -0.1) is 0 Å². The molecule has 0 amide bonds. The molecule has 2 rings (SSSR count). The van der Waals surface area contributed by atoms with E-state index in [1.807, 2.05) is 0 Å². The normalized spacial score (nSPS) is 11.3. The number of hydrogen-bond donors (Lipinski definition) is 3. The lowest BCUT2D eigenvalue weighted by molar-refractivity contribution is -0.135. The highest BCUT2D eigenvalue weighted by molar-refractivity contribution is 5.67. The van der Waals surface area contributed by atoms with Crippen LogP contribution in [0.1, 0.15) is 58.3 Å². The van der Waals surface area contributed by atoms with Gasteiger partial charge in [0.15, 0.2) is 5.65 Å². The van der Waals surface area contributed by atoms with E-state index in [1.54, 1.807) is 0 Å². The van der Waals surface area contributed by atoms with Gasteiger partial charge in [-0.25, -0.2) is 9.78 Å². The highest BCUT2D eigenvalue weighted by Crippen LogP contribution is 2.23. The van der Waals surface area contributed by atoms with Crippen molar-refractivity contribution >= 4 is 11.2 Å². The van der Waals surface area contributed by atoms with Crippen molar-refractivity contribution in [1.82, 2.24) is 19.9 Å². The van der Waals surface area contributed by atoms with E-state index in [1.165, 1.54) is 25.6 Å². The Morgan fingerprint density at radius 2 is 1.62 bits per heavy atom. The average Bonchev–Trinajstić information content (AvgIpc) is 2.94. The molecule has 0 aromatic carbocycles. The second kappa shape index (κ2) is 9.94. The molecule has 0 spiro atoms. The Balaban J connectivity index is 0.000000242. The van der Waals surface area contributed by atoms with E-state index in [-0.39, 0.29) is 11.2 Å². The molecule has 0 fully saturated rings. The molecule has 0 saturated carbocycles. The molecule has 0 bridgehead atoms. The third-order valence-electron chi connectivity index (χ3n) is 3.39. The van der Waals surface area contributed by atoms with E-state index < -0.39 is 23.8 Å². The topological polar surface area (TPSA) is 94.4 Å². The van der Waals surface area contributed by atoms with Crippen molar-refractivity contribution in [3.63, 3.8) is 0 Å². The molecule has 6 nitrogen and oxygen atoms in total. The van der Waals surface area contributed by atoms with Crippen molar-refractivity contribution in [2.24, 2.45) is 0 Å². The Morgan fingerprint density at radius 1 is 1.00 bits per heavy atom. The molecule has 2 heterocycles. The molecule has 0 saturated heterocycles. The monoisotopic (exact) mass is 348 g/mol. The standard InChI is InChI=1S/C10H19F3.C5H4N4O2/c1-2-3-4-5-6-7-8-9-10(11,12)13;10-4-2-3(7-1-6-2)8-5(11)9-4/h2-9H2,1H3;1H,(H3,6,7,8,9,10,11). The molecule has 0 aliphatic rings. The Morgan fingerprint density at radius 3 is 2.25 bits per heavy atom. The highest BCUT2D eigenvalue weighted by atomic mass is 19.4. The number of H-pyrrole nitrogens is 3. The van der Waals surface area contributed by atoms with Gasteiger partial charge < -0.3 is 4.98 Å². The first kappa shape index (κ1) is 20.0. The van der Waals surface area contributed by atoms with Crippen molar-refractivity contribution in [3.05, 3.63) is 27.2 Å². The van der Waals surface area contributed by atoms with Crippen molar-refractivity contribution in [3.8, 4) is 0 Å². The third kappa shape index (κ3) is 7.98. The molecule has 9 heteroatoms. The number of hydrogen-bond acceptors (Lipinski definition) is 3. The molecule has 0 atom stereocenters. The molecule has 0 radical (unpaired) electrons. The average molecular weight is 348 g/mol. The summed E-state index contributed by atoms with van der Waals surface area (Å²) in [4.78, 5) is 32.3. The fraction of sp³-hybridized carbons (Fsp3) is 0.667. The first-order chi connectivity index (χ1) is 11.3. The number of nitrogens with one attached hydrogen (secondary N) is 3. The number of aromatic amines is 3. The summed E-state index contributed by atoms with van der Waals surface area (Å²) in [5.41, 5.74) is -0.445. The summed E-state index contributed by atoms with van der Waals surface area (Å²) >= 11 is 0. The van der Waals surface area contributed by atoms with Crippen molar-refractivity contribution in [1.29, 1.82) is 0 Å². The lowest BCUT2D eigenvalue weighted by Crippen LogP contribution is -2.21. The molecule has 2 aromatic rings. The molecule has 2 aromatic heterocycles. The Kier molecular flexibility index (Phi) is 8.28. The van der Waals surface area contributed by atoms with E-state index in [0.29, 0.717) is 6.42 Å². The zero-order valence-electron chi connectivity index (χ0n) is 13.6. The van der Waals surface area contributed by atoms with Crippen LogP contribution >= 0.6 is 0 Å². The number of fused-ring (bicyclic) bond motifs is 1. The fourth-order valence-electron chi connectivity index (χ4n) is 2.15. The van der Waals surface area contributed by atoms with Gasteiger partial charge in [0.25, 0.3) is 5.56 Å². The van der Waals surface area contributed by atoms with Gasteiger partial charge in [0, 0.05) is 6.42 Å². The molecule has 24 heavy (non-hydrogen) atoms. The molecule has 0 aliphatic carbocycles. The van der Waals surface area contributed by atoms with Crippen LogP contribution < -0.4 is 11.2 Å². The summed E-state index contributed by atoms with van der Waals surface area (Å²) in [7, 11) is 0. The maximum atomic E-state index is 11.7. The molecule has 3 N–H and O–H groups in total. The lowest BCUT2D eigenvalue weighted by Gasteiger charge is -2.05. The van der Waals surface area contributed by atoms with E-state index in [4.69, 9.17) is 0 Å². The van der Waals surface area contributed by atoms with Crippen LogP contribution in [0.4, 0.5) is 13.2 Å². The van der Waals surface area contributed by atoms with Gasteiger partial charge in [0.05, 0.1) is 6.33 Å². The van der Waals surface area contributed by atoms with Crippen LogP contribution in [0, 0.1) is 0 Å². The van der Waals surface area contributed by atoms with Gasteiger partial charge >= 0.3 is 11.9 Å². The van der Waals surface area contributed by atoms with E-state index in [2.05, 4.69) is 26.9 Å². The van der Waals surface area contributed by atoms with E-state index in [0.717, 1.165) is 19.3 Å². The predicted molar refractivity (Wildman–Crippen MR) is 86.0 cm³/mol. The maximum Gasteiger partial charge on any atom is 0.389 e. The van der Waals surface area contributed by atoms with Crippen molar-refractivity contribution in [2.75, 3.05) is 0 Å². The van der Waals surface area contributed by atoms with Gasteiger partial charge in [0.1, 0.15) is 5.52 Å². The van der Waals surface area contributed by atoms with Gasteiger partial charge in [-0.1, -0.05) is 45.4 Å². The van der Waals surface area contributed by atoms with Crippen LogP contribution in [0.25, 0.3) is 11.2 Å². The summed E-state index contributed by atoms with van der Waals surface area (Å²) in [6.45, 7) is 2.13. The smallest absolute Gasteiger partial charge is 0.339 e. The summed E-state index contributed by atoms with van der Waals surface area (Å²) < 4.78 is 35.1. The van der Waals surface area contributed by atoms with Gasteiger partial charge in [-0.3, -0.25) is 14.8 Å². The number of nitrogens with zero attached hydrogens (tertiary/aromatic N) is 1. The zero-order chi connectivity index (χ0) is 18.0. The summed E-state index contributed by atoms with van der Waals surface area (Å²) in [6, 6.07) is 0. The maximum absolute atomic E-state index is 11.7. The number of rotatable bonds is 7. The molecule has 0 aliphatic heterocycles. The second-order valence-corrected chi connectivity index (χ2v) is 5.52. The predicted octanol–water partition coefficient (Wildman–Crippen LogP) is 3.63. The van der Waals surface area contributed by atoms with Crippen molar-refractivity contribution < 1.29 is 13.2 Å². The van der Waals surface area contributed by atoms with E-state index >= 15 is 0 Å². The number of halogens is 3. The van der Waals surface area contributed by atoms with Crippen LogP contribution in [0.2, 0.25) is 0 Å². The van der Waals surface area contributed by atoms with Gasteiger partial charge in [-0.2, -0.15) is 13.2 Å². The zero-order valence-corrected chi connectivity index (χ0v) is 13.6. The minimum atomic E-state index is -3.95.